The van der Waals surface area contributed by atoms with E-state index in [4.69, 9.17) is 32.7 Å². The van der Waals surface area contributed by atoms with Crippen molar-refractivity contribution < 1.29 is 34.7 Å². The predicted octanol–water partition coefficient (Wildman–Crippen LogP) is 0.191. The van der Waals surface area contributed by atoms with Gasteiger partial charge in [-0.05, 0) is 18.6 Å². The molecule has 0 radical (unpaired) electrons. The largest absolute Gasteiger partial charge is 0.505 e. The summed E-state index contributed by atoms with van der Waals surface area (Å²) in [6, 6.07) is 0.124. The van der Waals surface area contributed by atoms with E-state index in [2.05, 4.69) is 5.32 Å². The first kappa shape index (κ1) is 20.2. The maximum absolute atomic E-state index is 12.6. The number of carbonyl (C=O) groups excluding carboxylic acids is 1. The number of rotatable bonds is 4. The number of halogens is 2. The molecule has 0 unspecified atom stereocenters. The van der Waals surface area contributed by atoms with E-state index in [9.17, 15) is 25.2 Å². The van der Waals surface area contributed by atoms with E-state index < -0.39 is 43.2 Å². The predicted molar refractivity (Wildman–Crippen MR) is 88.9 cm³/mol. The fourth-order valence-corrected chi connectivity index (χ4v) is 3.06. The van der Waals surface area contributed by atoms with Crippen LogP contribution in [-0.2, 0) is 9.47 Å². The molecule has 1 aromatic rings. The molecule has 0 spiro atoms. The Hall–Kier alpha value is -1.13. The van der Waals surface area contributed by atoms with Crippen LogP contribution in [-0.4, -0.2) is 70.7 Å². The fourth-order valence-electron chi connectivity index (χ4n) is 2.61. The third kappa shape index (κ3) is 3.85. The van der Waals surface area contributed by atoms with Crippen molar-refractivity contribution in [2.24, 2.45) is 0 Å². The number of aliphatic hydroxyl groups excluding tert-OH is 3. The summed E-state index contributed by atoms with van der Waals surface area (Å²) in [5.41, 5.74) is 0.364. The molecule has 1 aliphatic rings. The number of benzene rings is 1. The number of carbonyl (C=O) groups is 1. The summed E-state index contributed by atoms with van der Waals surface area (Å²) >= 11 is 11.8. The molecule has 10 heteroatoms. The van der Waals surface area contributed by atoms with Gasteiger partial charge < -0.3 is 35.2 Å². The molecule has 1 heterocycles. The lowest BCUT2D eigenvalue weighted by molar-refractivity contribution is -0.261. The first-order valence-electron chi connectivity index (χ1n) is 7.36. The van der Waals surface area contributed by atoms with E-state index in [1.807, 2.05) is 0 Å². The topological polar surface area (TPSA) is 128 Å². The Labute approximate surface area is 153 Å². The number of methoxy groups -OCH3 is 1. The van der Waals surface area contributed by atoms with Crippen LogP contribution >= 0.6 is 23.2 Å². The molecule has 5 N–H and O–H groups in total. The molecule has 1 fully saturated rings. The van der Waals surface area contributed by atoms with Gasteiger partial charge in [-0.1, -0.05) is 23.2 Å². The van der Waals surface area contributed by atoms with Gasteiger partial charge in [0.15, 0.2) is 12.0 Å². The van der Waals surface area contributed by atoms with Crippen molar-refractivity contribution >= 4 is 29.1 Å². The van der Waals surface area contributed by atoms with Crippen molar-refractivity contribution in [2.75, 3.05) is 13.7 Å². The minimum absolute atomic E-state index is 0.0678. The van der Waals surface area contributed by atoms with Gasteiger partial charge in [0.2, 0.25) is 0 Å². The fraction of sp³-hybridized carbons (Fsp3) is 0.533. The number of nitrogens with one attached hydrogen (secondary N) is 1. The first-order valence-corrected chi connectivity index (χ1v) is 8.12. The SMILES string of the molecule is CO[C@H]1O[C@H](CO)[C@@H](O)[C@H](O)[C@H]1NC(=O)c1cc(Cl)c(O)c(Cl)c1C. The van der Waals surface area contributed by atoms with Crippen molar-refractivity contribution in [3.63, 3.8) is 0 Å². The zero-order valence-electron chi connectivity index (χ0n) is 13.4. The van der Waals surface area contributed by atoms with E-state index in [1.165, 1.54) is 20.1 Å². The minimum atomic E-state index is -1.44. The average Bonchev–Trinajstić information content (AvgIpc) is 2.60. The molecule has 2 rings (SSSR count). The molecule has 140 valence electrons. The standard InChI is InChI=1S/C15H19Cl2NO7/c1-5-6(3-7(16)11(20)9(5)17)14(23)18-10-13(22)12(21)8(4-19)25-15(10)24-2/h3,8,10,12-13,15,19-22H,4H2,1-2H3,(H,18,23)/t8-,10-,12-,13-,15+/m1/s1. The Morgan fingerprint density at radius 1 is 1.36 bits per heavy atom. The van der Waals surface area contributed by atoms with Crippen LogP contribution in [0.5, 0.6) is 5.75 Å². The molecular weight excluding hydrogens is 377 g/mol. The van der Waals surface area contributed by atoms with Gasteiger partial charge in [0.1, 0.15) is 24.4 Å². The van der Waals surface area contributed by atoms with Gasteiger partial charge in [0.25, 0.3) is 5.91 Å². The third-order valence-electron chi connectivity index (χ3n) is 4.09. The number of phenols is 1. The van der Waals surface area contributed by atoms with Gasteiger partial charge in [-0.3, -0.25) is 4.79 Å². The van der Waals surface area contributed by atoms with Crippen LogP contribution in [0, 0.1) is 6.92 Å². The van der Waals surface area contributed by atoms with Crippen LogP contribution in [0.3, 0.4) is 0 Å². The Morgan fingerprint density at radius 2 is 2.00 bits per heavy atom. The van der Waals surface area contributed by atoms with Crippen molar-refractivity contribution in [3.8, 4) is 5.75 Å². The summed E-state index contributed by atoms with van der Waals surface area (Å²) in [6.07, 6.45) is -5.01. The number of amides is 1. The van der Waals surface area contributed by atoms with Crippen LogP contribution in [0.2, 0.25) is 10.0 Å². The van der Waals surface area contributed by atoms with Crippen molar-refractivity contribution in [3.05, 3.63) is 27.2 Å². The average molecular weight is 396 g/mol. The maximum atomic E-state index is 12.6. The maximum Gasteiger partial charge on any atom is 0.252 e. The van der Waals surface area contributed by atoms with Crippen LogP contribution in [0.25, 0.3) is 0 Å². The molecule has 0 saturated carbocycles. The van der Waals surface area contributed by atoms with Gasteiger partial charge in [0, 0.05) is 12.7 Å². The zero-order valence-corrected chi connectivity index (χ0v) is 15.0. The van der Waals surface area contributed by atoms with Crippen molar-refractivity contribution in [2.45, 2.75) is 37.6 Å². The second-order valence-electron chi connectivity index (χ2n) is 5.64. The molecule has 0 aromatic heterocycles. The first-order chi connectivity index (χ1) is 11.7. The number of hydrogen-bond acceptors (Lipinski definition) is 7. The van der Waals surface area contributed by atoms with Gasteiger partial charge >= 0.3 is 0 Å². The Bertz CT molecular complexity index is 655. The molecule has 1 aromatic carbocycles. The lowest BCUT2D eigenvalue weighted by atomic mass is 9.96. The number of aliphatic hydroxyl groups is 3. The van der Waals surface area contributed by atoms with Gasteiger partial charge in [-0.2, -0.15) is 0 Å². The summed E-state index contributed by atoms with van der Waals surface area (Å²) in [4.78, 5) is 12.6. The molecule has 0 bridgehead atoms. The highest BCUT2D eigenvalue weighted by Crippen LogP contribution is 2.36. The van der Waals surface area contributed by atoms with Crippen LogP contribution in [0.15, 0.2) is 6.07 Å². The molecule has 25 heavy (non-hydrogen) atoms. The Balaban J connectivity index is 2.27. The van der Waals surface area contributed by atoms with E-state index in [0.29, 0.717) is 0 Å². The van der Waals surface area contributed by atoms with E-state index in [0.717, 1.165) is 0 Å². The zero-order chi connectivity index (χ0) is 18.9. The monoisotopic (exact) mass is 395 g/mol. The quantitative estimate of drug-likeness (QED) is 0.492. The highest BCUT2D eigenvalue weighted by atomic mass is 35.5. The lowest BCUT2D eigenvalue weighted by Gasteiger charge is -2.41. The number of hydrogen-bond donors (Lipinski definition) is 5. The summed E-state index contributed by atoms with van der Waals surface area (Å²) in [5.74, 6) is -1.000. The van der Waals surface area contributed by atoms with Gasteiger partial charge in [0.05, 0.1) is 16.7 Å². The molecule has 1 saturated heterocycles. The second-order valence-corrected chi connectivity index (χ2v) is 6.42. The van der Waals surface area contributed by atoms with Gasteiger partial charge in [-0.25, -0.2) is 0 Å². The third-order valence-corrected chi connectivity index (χ3v) is 4.84. The van der Waals surface area contributed by atoms with E-state index in [-0.39, 0.29) is 26.9 Å². The van der Waals surface area contributed by atoms with Crippen LogP contribution in [0.1, 0.15) is 15.9 Å². The summed E-state index contributed by atoms with van der Waals surface area (Å²) in [6.45, 7) is 0.993. The lowest BCUT2D eigenvalue weighted by Crippen LogP contribution is -2.64. The highest BCUT2D eigenvalue weighted by Gasteiger charge is 2.45. The molecule has 0 aliphatic carbocycles. The number of aromatic hydroxyl groups is 1. The van der Waals surface area contributed by atoms with Gasteiger partial charge in [-0.15, -0.1) is 0 Å². The molecule has 5 atom stereocenters. The number of ether oxygens (including phenoxy) is 2. The van der Waals surface area contributed by atoms with E-state index in [1.54, 1.807) is 0 Å². The summed E-state index contributed by atoms with van der Waals surface area (Å²) in [7, 11) is 1.29. The summed E-state index contributed by atoms with van der Waals surface area (Å²) < 4.78 is 10.4. The molecule has 1 amide bonds. The normalized spacial score (nSPS) is 29.5. The van der Waals surface area contributed by atoms with E-state index >= 15 is 0 Å². The highest BCUT2D eigenvalue weighted by molar-refractivity contribution is 6.38. The summed E-state index contributed by atoms with van der Waals surface area (Å²) in [5, 5.41) is 41.4. The minimum Gasteiger partial charge on any atom is -0.505 e. The molecular formula is C15H19Cl2NO7. The Kier molecular flexibility index (Phi) is 6.50. The Morgan fingerprint density at radius 3 is 2.56 bits per heavy atom. The van der Waals surface area contributed by atoms with Crippen molar-refractivity contribution in [1.29, 1.82) is 0 Å². The molecule has 1 aliphatic heterocycles. The number of phenolic OH excluding ortho intramolecular Hbond substituents is 1. The smallest absolute Gasteiger partial charge is 0.252 e. The second kappa shape index (κ2) is 8.05. The van der Waals surface area contributed by atoms with Crippen molar-refractivity contribution in [1.82, 2.24) is 5.32 Å². The molecule has 8 nitrogen and oxygen atoms in total. The van der Waals surface area contributed by atoms with Crippen LogP contribution < -0.4 is 5.32 Å². The van der Waals surface area contributed by atoms with Crippen LogP contribution in [0.4, 0.5) is 0 Å².